The fourth-order valence-electron chi connectivity index (χ4n) is 6.84. The van der Waals surface area contributed by atoms with Crippen LogP contribution >= 0.6 is 0 Å². The van der Waals surface area contributed by atoms with Crippen LogP contribution in [0.15, 0.2) is 92.4 Å². The van der Waals surface area contributed by atoms with Gasteiger partial charge in [-0.05, 0) is 24.3 Å². The first-order valence-electron chi connectivity index (χ1n) is 20.4. The Kier molecular flexibility index (Phi) is 18.9. The highest BCUT2D eigenvalue weighted by atomic mass is 32.2. The molecule has 4 aromatic carbocycles. The summed E-state index contributed by atoms with van der Waals surface area (Å²) < 4.78 is 116. The molecule has 0 aliphatic carbocycles. The largest absolute Gasteiger partial charge is 0.329 e. The number of nitro benzene ring substituents is 8. The summed E-state index contributed by atoms with van der Waals surface area (Å²) in [6, 6.07) is 4.62. The maximum absolute atomic E-state index is 14.6. The molecule has 76 heavy (non-hydrogen) atoms. The maximum atomic E-state index is 14.6. The summed E-state index contributed by atoms with van der Waals surface area (Å²) in [5, 5.41) is 94.3. The van der Waals surface area contributed by atoms with E-state index in [4.69, 9.17) is 11.5 Å². The molecular formula is C34H36N14O24S4. The zero-order valence-electron chi connectivity index (χ0n) is 38.0. The third kappa shape index (κ3) is 13.1. The lowest BCUT2D eigenvalue weighted by molar-refractivity contribution is -0.396. The summed E-state index contributed by atoms with van der Waals surface area (Å²) in [6.07, 6.45) is 0. The summed E-state index contributed by atoms with van der Waals surface area (Å²) in [5.41, 5.74) is 1.54. The molecule has 0 saturated carbocycles. The molecule has 0 unspecified atom stereocenters. The smallest absolute Gasteiger partial charge is 0.296 e. The van der Waals surface area contributed by atoms with Crippen LogP contribution in [0.4, 0.5) is 45.5 Å². The molecule has 4 N–H and O–H groups in total. The van der Waals surface area contributed by atoms with Gasteiger partial charge in [-0.25, -0.2) is 33.7 Å². The van der Waals surface area contributed by atoms with Crippen molar-refractivity contribution in [2.24, 2.45) is 11.5 Å². The number of nitrogens with two attached hydrogens (primary N) is 2. The van der Waals surface area contributed by atoms with E-state index in [9.17, 15) is 115 Å². The first kappa shape index (κ1) is 60.2. The van der Waals surface area contributed by atoms with Crippen molar-refractivity contribution in [2.75, 3.05) is 65.4 Å². The second-order valence-corrected chi connectivity index (χ2v) is 22.5. The van der Waals surface area contributed by atoms with Crippen molar-refractivity contribution in [3.8, 4) is 0 Å². The lowest BCUT2D eigenvalue weighted by Crippen LogP contribution is -2.48. The van der Waals surface area contributed by atoms with Gasteiger partial charge in [0.1, 0.15) is 0 Å². The number of benzene rings is 4. The Balaban J connectivity index is 1.98. The molecule has 0 amide bonds. The quantitative estimate of drug-likeness (QED) is 0.0564. The first-order chi connectivity index (χ1) is 35.3. The second-order valence-electron chi connectivity index (χ2n) is 14.9. The van der Waals surface area contributed by atoms with E-state index in [-0.39, 0.29) is 32.9 Å². The van der Waals surface area contributed by atoms with Crippen molar-refractivity contribution in [1.29, 1.82) is 0 Å². The summed E-state index contributed by atoms with van der Waals surface area (Å²) in [6.45, 7) is -10.7. The van der Waals surface area contributed by atoms with Gasteiger partial charge in [-0.2, -0.15) is 17.2 Å². The van der Waals surface area contributed by atoms with Gasteiger partial charge >= 0.3 is 0 Å². The standard InChI is InChI=1S/C34H36N14O24S4/c35-9-11-37(73(65,66)31-5-1-23(41(49)50)19-27(31)45(57)58)13-15-39(75(69,70)33-7-3-25(43(53)54)21-29(33)47(61)62)17-18-40(76(71,72)34-8-4-26(44(55)56)22-30(34)48(63)64)16-14-38(12-10-36)74(67,68)32-6-2-24(42(51)52)20-28(32)46(59)60/h1-8,19-22H,9-18,35-36H2. The lowest BCUT2D eigenvalue weighted by atomic mass is 10.3. The van der Waals surface area contributed by atoms with Gasteiger partial charge in [0, 0.05) is 89.7 Å². The highest BCUT2D eigenvalue weighted by molar-refractivity contribution is 7.90. The molecule has 0 aliphatic rings. The van der Waals surface area contributed by atoms with E-state index in [1.54, 1.807) is 0 Å². The van der Waals surface area contributed by atoms with Gasteiger partial charge in [0.05, 0.1) is 63.7 Å². The van der Waals surface area contributed by atoms with Crippen LogP contribution in [0.1, 0.15) is 0 Å². The van der Waals surface area contributed by atoms with Crippen molar-refractivity contribution in [3.63, 3.8) is 0 Å². The Bertz CT molecular complexity index is 3280. The summed E-state index contributed by atoms with van der Waals surface area (Å²) in [4.78, 5) is 79.2. The molecule has 4 rings (SSSR count). The van der Waals surface area contributed by atoms with Gasteiger partial charge in [-0.3, -0.25) is 80.9 Å². The number of rotatable bonds is 29. The van der Waals surface area contributed by atoms with Crippen molar-refractivity contribution in [2.45, 2.75) is 19.6 Å². The number of sulfonamides is 4. The van der Waals surface area contributed by atoms with Gasteiger partial charge in [0.25, 0.3) is 45.5 Å². The van der Waals surface area contributed by atoms with E-state index in [1.807, 2.05) is 0 Å². The van der Waals surface area contributed by atoms with Crippen LogP contribution in [0.25, 0.3) is 0 Å². The molecule has 410 valence electrons. The van der Waals surface area contributed by atoms with E-state index in [1.165, 1.54) is 0 Å². The Labute approximate surface area is 424 Å². The van der Waals surface area contributed by atoms with E-state index < -0.39 is 210 Å². The number of hydrogen-bond acceptors (Lipinski definition) is 26. The van der Waals surface area contributed by atoms with E-state index >= 15 is 0 Å². The van der Waals surface area contributed by atoms with Crippen LogP contribution in [0.5, 0.6) is 0 Å². The summed E-state index contributed by atoms with van der Waals surface area (Å²) >= 11 is 0. The summed E-state index contributed by atoms with van der Waals surface area (Å²) in [7, 11) is -21.9. The van der Waals surface area contributed by atoms with Crippen LogP contribution in [-0.4, -0.2) is 156 Å². The molecule has 0 bridgehead atoms. The topological polar surface area (TPSA) is 547 Å². The van der Waals surface area contributed by atoms with Gasteiger partial charge in [-0.1, -0.05) is 0 Å². The molecule has 0 saturated heterocycles. The third-order valence-corrected chi connectivity index (χ3v) is 18.2. The average molecular weight is 1150 g/mol. The number of nitrogens with zero attached hydrogens (tertiary/aromatic N) is 12. The third-order valence-electron chi connectivity index (χ3n) is 10.4. The van der Waals surface area contributed by atoms with Crippen molar-refractivity contribution in [3.05, 3.63) is 154 Å². The lowest BCUT2D eigenvalue weighted by Gasteiger charge is -2.30. The van der Waals surface area contributed by atoms with Gasteiger partial charge in [0.2, 0.25) is 40.1 Å². The van der Waals surface area contributed by atoms with Crippen LogP contribution < -0.4 is 11.5 Å². The van der Waals surface area contributed by atoms with Gasteiger partial charge in [-0.15, -0.1) is 0 Å². The highest BCUT2D eigenvalue weighted by Crippen LogP contribution is 2.35. The van der Waals surface area contributed by atoms with Crippen LogP contribution in [-0.2, 0) is 40.1 Å². The van der Waals surface area contributed by atoms with E-state index in [0.29, 0.717) is 57.1 Å². The molecule has 4 aromatic rings. The molecule has 38 nitrogen and oxygen atoms in total. The maximum Gasteiger partial charge on any atom is 0.296 e. The normalized spacial score (nSPS) is 12.2. The predicted molar refractivity (Wildman–Crippen MR) is 252 cm³/mol. The molecule has 0 spiro atoms. The minimum absolute atomic E-state index is 0.117. The van der Waals surface area contributed by atoms with Crippen LogP contribution in [0, 0.1) is 80.9 Å². The number of hydrogen-bond donors (Lipinski definition) is 2. The molecular weight excluding hydrogens is 1120 g/mol. The minimum atomic E-state index is -5.65. The summed E-state index contributed by atoms with van der Waals surface area (Å²) in [5.74, 6) is 0. The monoisotopic (exact) mass is 1150 g/mol. The molecule has 0 radical (unpaired) electrons. The van der Waals surface area contributed by atoms with Crippen molar-refractivity contribution in [1.82, 2.24) is 17.2 Å². The Morgan fingerprint density at radius 3 is 0.618 bits per heavy atom. The Morgan fingerprint density at radius 1 is 0.303 bits per heavy atom. The van der Waals surface area contributed by atoms with Gasteiger partial charge < -0.3 is 11.5 Å². The van der Waals surface area contributed by atoms with Crippen LogP contribution in [0.2, 0.25) is 0 Å². The van der Waals surface area contributed by atoms with Crippen molar-refractivity contribution < 1.29 is 73.1 Å². The molecule has 0 atom stereocenters. The van der Waals surface area contributed by atoms with Crippen LogP contribution in [0.3, 0.4) is 0 Å². The molecule has 0 fully saturated rings. The zero-order chi connectivity index (χ0) is 57.4. The zero-order valence-corrected chi connectivity index (χ0v) is 41.2. The first-order valence-corrected chi connectivity index (χ1v) is 26.1. The van der Waals surface area contributed by atoms with Crippen molar-refractivity contribution >= 4 is 85.6 Å². The number of non-ortho nitro benzene ring substituents is 4. The second kappa shape index (κ2) is 23.9. The van der Waals surface area contributed by atoms with E-state index in [2.05, 4.69) is 0 Å². The average Bonchev–Trinajstić information content (AvgIpc) is 3.34. The Morgan fingerprint density at radius 2 is 0.474 bits per heavy atom. The number of nitro groups is 8. The fourth-order valence-corrected chi connectivity index (χ4v) is 13.1. The SMILES string of the molecule is NCCN(CCN(CCN(CCN(CCN)S(=O)(=O)c1ccc([N+](=O)[O-])cc1[N+](=O)[O-])S(=O)(=O)c1ccc([N+](=O)[O-])cc1[N+](=O)[O-])S(=O)(=O)c1ccc([N+](=O)[O-])cc1[N+](=O)[O-])S(=O)(=O)c1ccc([N+](=O)[O-])cc1[N+](=O)[O-]. The molecule has 42 heteroatoms. The molecule has 0 heterocycles. The fraction of sp³-hybridized carbons (Fsp3) is 0.294. The molecule has 0 aromatic heterocycles. The molecule has 0 aliphatic heterocycles. The highest BCUT2D eigenvalue weighted by Gasteiger charge is 2.41. The predicted octanol–water partition coefficient (Wildman–Crippen LogP) is 0.933. The minimum Gasteiger partial charge on any atom is -0.329 e. The van der Waals surface area contributed by atoms with Gasteiger partial charge in [0.15, 0.2) is 19.6 Å². The van der Waals surface area contributed by atoms with E-state index in [0.717, 1.165) is 0 Å². The Hall–Kier alpha value is -8.36.